The molecule has 0 bridgehead atoms. The van der Waals surface area contributed by atoms with Crippen LogP contribution in [-0.4, -0.2) is 269 Å². The Kier molecular flexibility index (Phi) is 49.0. The zero-order valence-electron chi connectivity index (χ0n) is 83.1. The second-order valence-electron chi connectivity index (χ2n) is 35.2. The lowest BCUT2D eigenvalue weighted by molar-refractivity contribution is -0.134. The molecular weight excluding hydrogens is 2020 g/mol. The van der Waals surface area contributed by atoms with Crippen LogP contribution < -0.4 is 44.2 Å². The van der Waals surface area contributed by atoms with Crippen molar-refractivity contribution in [2.75, 3.05) is 82.8 Å². The van der Waals surface area contributed by atoms with Crippen LogP contribution in [0.2, 0.25) is 0 Å². The van der Waals surface area contributed by atoms with E-state index in [9.17, 15) is 70.7 Å². The van der Waals surface area contributed by atoms with Gasteiger partial charge in [-0.1, -0.05) is 133 Å². The summed E-state index contributed by atoms with van der Waals surface area (Å²) in [4.78, 5) is 133. The quantitative estimate of drug-likeness (QED) is 0.00421. The number of nitrogens with zero attached hydrogens (tertiary/aromatic N) is 10. The molecule has 0 saturated carbocycles. The highest BCUT2D eigenvalue weighted by molar-refractivity contribution is 8.00. The van der Waals surface area contributed by atoms with Gasteiger partial charge >= 0.3 is 55.8 Å². The van der Waals surface area contributed by atoms with Gasteiger partial charge in [0.15, 0.2) is 29.4 Å². The van der Waals surface area contributed by atoms with E-state index in [1.807, 2.05) is 124 Å². The summed E-state index contributed by atoms with van der Waals surface area (Å²) >= 11 is 4.30. The highest BCUT2D eigenvalue weighted by Crippen LogP contribution is 2.49. The molecule has 147 heavy (non-hydrogen) atoms. The van der Waals surface area contributed by atoms with Gasteiger partial charge in [-0.15, -0.1) is 34.4 Å². The fourth-order valence-corrected chi connectivity index (χ4v) is 19.1. The second-order valence-corrected chi connectivity index (χ2v) is 42.2. The minimum absolute atomic E-state index is 0.000183. The van der Waals surface area contributed by atoms with E-state index in [1.54, 1.807) is 69.3 Å². The predicted molar refractivity (Wildman–Crippen MR) is 539 cm³/mol. The lowest BCUT2D eigenvalue weighted by Gasteiger charge is -2.31. The van der Waals surface area contributed by atoms with E-state index < -0.39 is 164 Å². The molecule has 3 aliphatic rings. The van der Waals surface area contributed by atoms with Gasteiger partial charge in [0.1, 0.15) is 48.6 Å². The molecule has 0 aliphatic carbocycles. The number of nitrogens with one attached hydrogen (secondary N) is 4. The smallest absolute Gasteiger partial charge is 0.478 e. The van der Waals surface area contributed by atoms with Crippen molar-refractivity contribution in [1.82, 2.24) is 69.5 Å². The third-order valence-electron chi connectivity index (χ3n) is 21.3. The molecule has 0 spiro atoms. The Morgan fingerprint density at radius 3 is 1.84 bits per heavy atom. The first-order valence-electron chi connectivity index (χ1n) is 46.6. The van der Waals surface area contributed by atoms with Crippen LogP contribution in [0.15, 0.2) is 173 Å². The van der Waals surface area contributed by atoms with Crippen molar-refractivity contribution in [3.05, 3.63) is 212 Å². The summed E-state index contributed by atoms with van der Waals surface area (Å²) in [7, 11) is -6.31. The molecule has 3 aliphatic heterocycles. The average molecular weight is 2150 g/mol. The van der Waals surface area contributed by atoms with Crippen molar-refractivity contribution in [2.24, 2.45) is 17.8 Å². The summed E-state index contributed by atoms with van der Waals surface area (Å²) in [5.41, 5.74) is 22.2. The number of fused-ring (bicyclic) bond motifs is 2. The monoisotopic (exact) mass is 2150 g/mol. The Morgan fingerprint density at radius 2 is 1.30 bits per heavy atom. The average Bonchev–Trinajstić information content (AvgIpc) is 1.68. The predicted octanol–water partition coefficient (Wildman–Crippen LogP) is 10.6. The Hall–Kier alpha value is -12.5. The number of hydrogen-bond acceptors (Lipinski definition) is 39. The number of thiazole rings is 2. The Labute approximate surface area is 861 Å². The molecule has 9 aromatic rings. The minimum atomic E-state index is -4.06. The summed E-state index contributed by atoms with van der Waals surface area (Å²) < 4.78 is 119. The molecule has 0 unspecified atom stereocenters. The maximum absolute atomic E-state index is 13.9. The van der Waals surface area contributed by atoms with Crippen LogP contribution in [0.5, 0.6) is 0 Å². The molecule has 5 aromatic heterocycles. The largest absolute Gasteiger partial charge is 0.510 e. The third kappa shape index (κ3) is 41.3. The number of imidazole rings is 1. The highest BCUT2D eigenvalue weighted by atomic mass is 32.2. The molecule has 15 N–H and O–H groups in total. The van der Waals surface area contributed by atoms with Crippen LogP contribution in [0, 0.1) is 23.6 Å². The number of hydrogen-bond donors (Lipinski definition) is 12. The molecule has 3 fully saturated rings. The van der Waals surface area contributed by atoms with Gasteiger partial charge in [0.05, 0.1) is 120 Å². The topological polar surface area (TPSA) is 637 Å². The van der Waals surface area contributed by atoms with Crippen molar-refractivity contribution in [1.29, 1.82) is 0 Å². The number of nitrogens with two attached hydrogens (primary N) is 3. The van der Waals surface area contributed by atoms with Gasteiger partial charge in [-0.3, -0.25) is 28.0 Å². The number of sulfonamides is 1. The van der Waals surface area contributed by atoms with Crippen LogP contribution in [0.3, 0.4) is 0 Å². The third-order valence-corrected chi connectivity index (χ3v) is 27.7. The number of rotatable bonds is 45. The van der Waals surface area contributed by atoms with Crippen molar-refractivity contribution in [3.63, 3.8) is 0 Å². The molecule has 52 heteroatoms. The van der Waals surface area contributed by atoms with Gasteiger partial charge in [-0.05, 0) is 120 Å². The maximum Gasteiger partial charge on any atom is 0.510 e. The first-order chi connectivity index (χ1) is 69.8. The number of urea groups is 1. The molecule has 5 amide bonds. The number of halogens is 1. The number of aliphatic carboxylic acids is 2. The Balaban J connectivity index is 0.000000244. The first kappa shape index (κ1) is 120. The van der Waals surface area contributed by atoms with Crippen LogP contribution in [-0.2, 0) is 124 Å². The number of nitrogen functional groups attached to an aromatic ring is 3. The number of amides is 5. The van der Waals surface area contributed by atoms with E-state index in [4.69, 9.17) is 88.9 Å². The van der Waals surface area contributed by atoms with Crippen molar-refractivity contribution < 1.29 is 138 Å². The lowest BCUT2D eigenvalue weighted by Crippen LogP contribution is -2.55. The van der Waals surface area contributed by atoms with E-state index in [0.717, 1.165) is 49.5 Å². The molecule has 12 atom stereocenters. The van der Waals surface area contributed by atoms with Gasteiger partial charge in [0, 0.05) is 67.3 Å². The molecule has 0 radical (unpaired) electrons. The number of ether oxygens (including phenoxy) is 10. The molecule has 4 aromatic carbocycles. The number of benzene rings is 4. The number of anilines is 3. The number of carboxylic acid groups (broad SMARTS) is 2. The zero-order chi connectivity index (χ0) is 108. The number of carbonyl (C=O) groups is 8. The molecule has 8 heterocycles. The van der Waals surface area contributed by atoms with Crippen molar-refractivity contribution in [2.45, 2.75) is 218 Å². The number of thioether (sulfide) groups is 1. The zero-order valence-corrected chi connectivity index (χ0v) is 87.3. The standard InChI is InChI=1S/C37H48N6O5S2.C27H37N3O7S.C19H30N5O10P.C8H10FN3O3S.C4H4O4/c1-24(2)33(42-36(46)43(5)20-29-22-49-35(40-29)25(3)4)34(45)39-28(16-26-12-8-6-9-13-26)18-32(44)31(17-27-14-10-7-11-15-27)41-37(47)48-21-30-19-38-23-50-30;1-18(2)15-30(38(33,34)21-10-8-20(28)9-11-21)16-24(31)23(14-19-6-4-3-5-7-19)29-27(32)37-25-17-36-26-22(25)12-13-35-26;1-12(2)33-18(25)28-9-31-35(27,32-10-29-19(26)34-13(3)4)11-30-14(5)6-24-8-23-15-16(20)21-7-22-17(15)24;9-4-1-12(8(14)11-7(4)10)5-3-16-6(2-13)15-5;5-3(6)1-2-4(7)8/h6-15,19,22-25,28,31-33,44H,16-18,20-21H2,1-5H3,(H,39,45)(H,41,47)(H,42,46);3-11,18,22-26,31H,12-17,28H2,1-2H3,(H,29,32);7-8,12-14H,6,9-11H2,1-5H3,(H2,20,21,22);1,5-6,13H,2-3H2,(H2,10,11,14);1-2H,(H,5,6)(H,7,8)/b;;;;2-1+/t28-,31-,32-,33-;22-,23-,24+,25-,26+;14-;5-,6+;/m0010./s1. The minimum Gasteiger partial charge on any atom is -0.478 e. The number of carboxylic acids is 2. The van der Waals surface area contributed by atoms with E-state index in [2.05, 4.69) is 65.0 Å². The van der Waals surface area contributed by atoms with Gasteiger partial charge in [-0.25, -0.2) is 71.1 Å². The summed E-state index contributed by atoms with van der Waals surface area (Å²) in [5, 5.41) is 62.1. The normalized spacial score (nSPS) is 16.8. The SMILES string of the molecule is CC(C)CN(C[C@@H](O)[C@H](Cc1ccccc1)NC(=O)O[C@H]1CO[C@H]2OCC[C@H]21)S(=O)(=O)c1ccc(N)cc1.CC(C)OC(=O)OCOP(=O)(CO[C@H](C)Cn1cnc2c(N)ncnc21)OCOC(=O)OC(C)C.CC(C)c1nc(CN(C)C(=O)N[C@H](C(=O)N[C@@H](Cc2ccccc2)C[C@H](O)[C@H](Cc2ccccc2)NC(=O)OCc2cncs2)C(C)C)cs1.Nc1nc(=O)n([C@@H]2CS[C@H](CO)O2)cc1F.O=C(O)/C=C/C(=O)O. The van der Waals surface area contributed by atoms with E-state index in [1.165, 1.54) is 69.2 Å². The molecule has 46 nitrogen and oxygen atoms in total. The van der Waals surface area contributed by atoms with Crippen molar-refractivity contribution in [3.8, 4) is 0 Å². The second kappa shape index (κ2) is 60.1. The van der Waals surface area contributed by atoms with E-state index in [-0.39, 0.29) is 99.0 Å². The summed E-state index contributed by atoms with van der Waals surface area (Å²) in [5.74, 6) is -3.31. The fraction of sp³-hybridized carbons (Fsp3) is 0.484. The van der Waals surface area contributed by atoms with Gasteiger partial charge in [0.2, 0.25) is 29.5 Å². The van der Waals surface area contributed by atoms with Crippen molar-refractivity contribution >= 4 is 129 Å². The van der Waals surface area contributed by atoms with Crippen LogP contribution in [0.25, 0.3) is 11.2 Å². The van der Waals surface area contributed by atoms with Crippen LogP contribution in [0.4, 0.5) is 45.7 Å². The number of carbonyl (C=O) groups excluding carboxylic acids is 6. The lowest BCUT2D eigenvalue weighted by atomic mass is 9.93. The number of aromatic nitrogens is 8. The van der Waals surface area contributed by atoms with Gasteiger partial charge < -0.3 is 121 Å². The van der Waals surface area contributed by atoms with E-state index in [0.29, 0.717) is 66.7 Å². The van der Waals surface area contributed by atoms with E-state index >= 15 is 0 Å². The molecule has 12 rings (SSSR count). The number of aliphatic hydroxyl groups excluding tert-OH is 3. The highest BCUT2D eigenvalue weighted by Gasteiger charge is 2.45. The Morgan fingerprint density at radius 1 is 0.707 bits per heavy atom. The summed E-state index contributed by atoms with van der Waals surface area (Å²) in [6.07, 6.45) is -0.515. The summed E-state index contributed by atoms with van der Waals surface area (Å²) in [6.45, 7) is 19.7. The van der Waals surface area contributed by atoms with Gasteiger partial charge in [0.25, 0.3) is 0 Å². The maximum atomic E-state index is 13.9. The van der Waals surface area contributed by atoms with Gasteiger partial charge in [-0.2, -0.15) is 9.29 Å². The molecule has 804 valence electrons. The first-order valence-corrected chi connectivity index (χ1v) is 52.6. The summed E-state index contributed by atoms with van der Waals surface area (Å²) in [6, 6.07) is 31.3. The van der Waals surface area contributed by atoms with Crippen LogP contribution >= 0.6 is 42.0 Å². The Bertz CT molecular complexity index is 5850. The van der Waals surface area contributed by atoms with Crippen LogP contribution in [0.1, 0.15) is 133 Å². The molecule has 3 saturated heterocycles. The fourth-order valence-electron chi connectivity index (χ4n) is 14.2. The number of aliphatic hydroxyl groups is 3. The molecular formula is C95H129FN17O29PS4. The number of alkyl carbamates (subject to hydrolysis) is 2.